The Hall–Kier alpha value is -2.00. The first-order valence-corrected chi connectivity index (χ1v) is 8.09. The van der Waals surface area contributed by atoms with Crippen molar-refractivity contribution in [1.82, 2.24) is 4.98 Å². The molecular formula is C12H11FN2O4S2. The van der Waals surface area contributed by atoms with E-state index in [-0.39, 0.29) is 17.2 Å². The van der Waals surface area contributed by atoms with Crippen molar-refractivity contribution in [3.8, 4) is 0 Å². The highest BCUT2D eigenvalue weighted by Crippen LogP contribution is 2.22. The van der Waals surface area contributed by atoms with Crippen LogP contribution in [-0.2, 0) is 21.2 Å². The Bertz CT molecular complexity index is 786. The topological polar surface area (TPSA) is 96.4 Å². The summed E-state index contributed by atoms with van der Waals surface area (Å²) in [6, 6.07) is 3.74. The van der Waals surface area contributed by atoms with Crippen LogP contribution in [0.25, 0.3) is 0 Å². The van der Waals surface area contributed by atoms with Gasteiger partial charge in [-0.25, -0.2) is 17.8 Å². The van der Waals surface area contributed by atoms with Crippen LogP contribution in [0.15, 0.2) is 28.5 Å². The van der Waals surface area contributed by atoms with E-state index >= 15 is 0 Å². The van der Waals surface area contributed by atoms with Crippen LogP contribution in [0, 0.1) is 12.7 Å². The lowest BCUT2D eigenvalue weighted by Crippen LogP contribution is -2.14. The lowest BCUT2D eigenvalue weighted by Gasteiger charge is -2.07. The van der Waals surface area contributed by atoms with E-state index < -0.39 is 26.7 Å². The molecule has 1 aromatic carbocycles. The molecule has 0 radical (unpaired) electrons. The first-order chi connectivity index (χ1) is 9.78. The van der Waals surface area contributed by atoms with Crippen LogP contribution in [0.1, 0.15) is 11.3 Å². The molecule has 0 aliphatic heterocycles. The molecule has 1 aromatic heterocycles. The van der Waals surface area contributed by atoms with Crippen LogP contribution >= 0.6 is 11.3 Å². The molecule has 2 aromatic rings. The number of hydrogen-bond donors (Lipinski definition) is 2. The Morgan fingerprint density at radius 1 is 1.48 bits per heavy atom. The first-order valence-electron chi connectivity index (χ1n) is 5.73. The van der Waals surface area contributed by atoms with Crippen LogP contribution in [0.2, 0.25) is 0 Å². The van der Waals surface area contributed by atoms with Crippen molar-refractivity contribution in [1.29, 1.82) is 0 Å². The van der Waals surface area contributed by atoms with Crippen LogP contribution in [0.4, 0.5) is 9.52 Å². The largest absolute Gasteiger partial charge is 0.481 e. The maximum Gasteiger partial charge on any atom is 0.309 e. The second-order valence-corrected chi connectivity index (χ2v) is 6.76. The summed E-state index contributed by atoms with van der Waals surface area (Å²) in [6.45, 7) is 1.65. The van der Waals surface area contributed by atoms with Gasteiger partial charge in [0, 0.05) is 5.38 Å². The summed E-state index contributed by atoms with van der Waals surface area (Å²) in [4.78, 5) is 13.9. The summed E-state index contributed by atoms with van der Waals surface area (Å²) < 4.78 is 40.0. The number of nitrogens with one attached hydrogen (secondary N) is 1. The molecule has 0 saturated carbocycles. The average Bonchev–Trinajstić information content (AvgIpc) is 2.77. The highest BCUT2D eigenvalue weighted by Gasteiger charge is 2.21. The quantitative estimate of drug-likeness (QED) is 0.874. The fraction of sp³-hybridized carbons (Fsp3) is 0.167. The van der Waals surface area contributed by atoms with Gasteiger partial charge in [0.2, 0.25) is 0 Å². The Morgan fingerprint density at radius 2 is 2.19 bits per heavy atom. The average molecular weight is 330 g/mol. The highest BCUT2D eigenvalue weighted by molar-refractivity contribution is 7.93. The van der Waals surface area contributed by atoms with Gasteiger partial charge in [-0.05, 0) is 24.6 Å². The zero-order valence-corrected chi connectivity index (χ0v) is 12.5. The number of carbonyl (C=O) groups is 1. The molecule has 0 aliphatic rings. The number of rotatable bonds is 5. The van der Waals surface area contributed by atoms with Gasteiger partial charge in [0.15, 0.2) is 5.13 Å². The van der Waals surface area contributed by atoms with Gasteiger partial charge in [-0.15, -0.1) is 11.3 Å². The number of nitrogens with zero attached hydrogens (tertiary/aromatic N) is 1. The summed E-state index contributed by atoms with van der Waals surface area (Å²) >= 11 is 0.936. The smallest absolute Gasteiger partial charge is 0.309 e. The summed E-state index contributed by atoms with van der Waals surface area (Å²) in [7, 11) is -4.11. The van der Waals surface area contributed by atoms with E-state index in [1.165, 1.54) is 17.5 Å². The number of carboxylic acid groups (broad SMARTS) is 1. The van der Waals surface area contributed by atoms with Crippen molar-refractivity contribution in [2.24, 2.45) is 0 Å². The molecule has 21 heavy (non-hydrogen) atoms. The van der Waals surface area contributed by atoms with Gasteiger partial charge in [-0.2, -0.15) is 0 Å². The van der Waals surface area contributed by atoms with Crippen molar-refractivity contribution in [3.63, 3.8) is 0 Å². The Labute approximate surface area is 124 Å². The van der Waals surface area contributed by atoms with Gasteiger partial charge in [0.05, 0.1) is 12.1 Å². The summed E-state index contributed by atoms with van der Waals surface area (Å²) in [5, 5.41) is 10.1. The number of sulfonamides is 1. The van der Waals surface area contributed by atoms with E-state index in [1.54, 1.807) is 6.92 Å². The van der Waals surface area contributed by atoms with E-state index in [2.05, 4.69) is 9.71 Å². The number of carboxylic acids is 1. The first kappa shape index (κ1) is 15.4. The standard InChI is InChI=1S/C12H11FN2O4S2/c1-7-2-3-9(13)10(4-7)21(18,19)15-12-14-8(6-20-12)5-11(16)17/h2-4,6H,5H2,1H3,(H,14,15)(H,16,17). The third-order valence-corrected chi connectivity index (χ3v) is 4.77. The van der Waals surface area contributed by atoms with Crippen LogP contribution < -0.4 is 4.72 Å². The third kappa shape index (κ3) is 3.76. The minimum Gasteiger partial charge on any atom is -0.481 e. The summed E-state index contributed by atoms with van der Waals surface area (Å²) in [5.41, 5.74) is 0.831. The van der Waals surface area contributed by atoms with Crippen LogP contribution in [-0.4, -0.2) is 24.5 Å². The summed E-state index contributed by atoms with van der Waals surface area (Å²) in [6.07, 6.45) is -0.308. The number of aromatic nitrogens is 1. The van der Waals surface area contributed by atoms with Crippen LogP contribution in [0.3, 0.4) is 0 Å². The summed E-state index contributed by atoms with van der Waals surface area (Å²) in [5.74, 6) is -1.94. The van der Waals surface area contributed by atoms with Crippen molar-refractivity contribution in [2.45, 2.75) is 18.2 Å². The molecule has 0 aliphatic carbocycles. The molecule has 0 fully saturated rings. The third-order valence-electron chi connectivity index (χ3n) is 2.48. The van der Waals surface area contributed by atoms with Gasteiger partial charge in [0.25, 0.3) is 10.0 Å². The van der Waals surface area contributed by atoms with Gasteiger partial charge in [0.1, 0.15) is 10.7 Å². The molecule has 0 atom stereocenters. The normalized spacial score (nSPS) is 11.3. The van der Waals surface area contributed by atoms with Gasteiger partial charge in [-0.3, -0.25) is 9.52 Å². The number of anilines is 1. The number of benzene rings is 1. The fourth-order valence-corrected chi connectivity index (χ4v) is 3.70. The molecule has 112 valence electrons. The number of halogens is 1. The van der Waals surface area contributed by atoms with E-state index in [0.717, 1.165) is 17.4 Å². The van der Waals surface area contributed by atoms with Crippen molar-refractivity contribution in [2.75, 3.05) is 4.72 Å². The van der Waals surface area contributed by atoms with Crippen molar-refractivity contribution < 1.29 is 22.7 Å². The van der Waals surface area contributed by atoms with Gasteiger partial charge >= 0.3 is 5.97 Å². The SMILES string of the molecule is Cc1ccc(F)c(S(=O)(=O)Nc2nc(CC(=O)O)cs2)c1. The molecule has 0 bridgehead atoms. The van der Waals surface area contributed by atoms with Crippen LogP contribution in [0.5, 0.6) is 0 Å². The zero-order chi connectivity index (χ0) is 15.6. The highest BCUT2D eigenvalue weighted by atomic mass is 32.2. The zero-order valence-electron chi connectivity index (χ0n) is 10.8. The molecular weight excluding hydrogens is 319 g/mol. The predicted molar refractivity (Wildman–Crippen MR) is 75.4 cm³/mol. The number of aliphatic carboxylic acids is 1. The number of hydrogen-bond acceptors (Lipinski definition) is 5. The second kappa shape index (κ2) is 5.78. The van der Waals surface area contributed by atoms with E-state index in [1.807, 2.05) is 0 Å². The van der Waals surface area contributed by atoms with Gasteiger partial charge < -0.3 is 5.11 Å². The van der Waals surface area contributed by atoms with E-state index in [4.69, 9.17) is 5.11 Å². The van der Waals surface area contributed by atoms with E-state index in [9.17, 15) is 17.6 Å². The molecule has 2 rings (SSSR count). The molecule has 0 unspecified atom stereocenters. The molecule has 0 saturated heterocycles. The lowest BCUT2D eigenvalue weighted by atomic mass is 10.2. The van der Waals surface area contributed by atoms with Crippen molar-refractivity contribution >= 4 is 32.5 Å². The molecule has 2 N–H and O–H groups in total. The molecule has 1 heterocycles. The number of thiazole rings is 1. The minimum absolute atomic E-state index is 0.00726. The second-order valence-electron chi connectivity index (χ2n) is 4.25. The van der Waals surface area contributed by atoms with Crippen molar-refractivity contribution in [3.05, 3.63) is 40.7 Å². The molecule has 0 spiro atoms. The Balaban J connectivity index is 2.27. The minimum atomic E-state index is -4.11. The fourth-order valence-electron chi connectivity index (χ4n) is 1.58. The molecule has 6 nitrogen and oxygen atoms in total. The maximum atomic E-state index is 13.6. The van der Waals surface area contributed by atoms with Gasteiger partial charge in [-0.1, -0.05) is 6.07 Å². The molecule has 0 amide bonds. The maximum absolute atomic E-state index is 13.6. The number of aryl methyl sites for hydroxylation is 1. The Kier molecular flexibility index (Phi) is 4.24. The predicted octanol–water partition coefficient (Wildman–Crippen LogP) is 2.02. The van der Waals surface area contributed by atoms with E-state index in [0.29, 0.717) is 5.56 Å². The monoisotopic (exact) mass is 330 g/mol. The lowest BCUT2D eigenvalue weighted by molar-refractivity contribution is -0.136. The Morgan fingerprint density at radius 3 is 2.86 bits per heavy atom. The molecule has 9 heteroatoms.